The van der Waals surface area contributed by atoms with Crippen molar-refractivity contribution in [1.82, 2.24) is 26.2 Å². The highest BCUT2D eigenvalue weighted by molar-refractivity contribution is 8.01. The average molecular weight is 2130 g/mol. The van der Waals surface area contributed by atoms with Gasteiger partial charge in [-0.3, -0.25) is 43.5 Å². The van der Waals surface area contributed by atoms with E-state index in [4.69, 9.17) is 40.9 Å². The molecule has 4 aliphatic carbocycles. The van der Waals surface area contributed by atoms with Gasteiger partial charge in [0.15, 0.2) is 10.9 Å². The first-order valence-corrected chi connectivity index (χ1v) is 53.0. The zero-order valence-electron chi connectivity index (χ0n) is 88.8. The number of carboxylic acids is 5. The van der Waals surface area contributed by atoms with Gasteiger partial charge in [-0.05, 0) is 114 Å². The van der Waals surface area contributed by atoms with Crippen molar-refractivity contribution in [3.63, 3.8) is 0 Å². The van der Waals surface area contributed by atoms with Crippen LogP contribution in [0.25, 0.3) is 84.4 Å². The van der Waals surface area contributed by atoms with E-state index in [1.807, 2.05) is 207 Å². The lowest BCUT2D eigenvalue weighted by Crippen LogP contribution is -2.71. The number of nitrogens with one attached hydrogen (secondary N) is 4. The minimum atomic E-state index is -1.73. The molecule has 7 unspecified atom stereocenters. The number of phenolic OH excluding ortho intramolecular Hbond substituents is 2. The highest BCUT2D eigenvalue weighted by Crippen LogP contribution is 2.47. The average Bonchev–Trinajstić information content (AvgIpc) is 0.735. The van der Waals surface area contributed by atoms with Gasteiger partial charge in [0, 0.05) is 102 Å². The minimum Gasteiger partial charge on any atom is -0.872 e. The summed E-state index contributed by atoms with van der Waals surface area (Å²) in [6, 6.07) is 23.7. The number of alkyl halides is 1. The summed E-state index contributed by atoms with van der Waals surface area (Å²) in [4.78, 5) is 177. The highest BCUT2D eigenvalue weighted by Gasteiger charge is 2.53. The largest absolute Gasteiger partial charge is 0.872 e. The maximum atomic E-state index is 13.3. The normalized spacial score (nSPS) is 15.3. The van der Waals surface area contributed by atoms with Crippen molar-refractivity contribution in [3.05, 3.63) is 236 Å². The van der Waals surface area contributed by atoms with Gasteiger partial charge >= 0.3 is 17.2 Å². The predicted octanol–water partition coefficient (Wildman–Crippen LogP) is 14.8. The second-order valence-corrected chi connectivity index (χ2v) is 31.1. The van der Waals surface area contributed by atoms with Crippen molar-refractivity contribution >= 4 is 174 Å². The fourth-order valence-electron chi connectivity index (χ4n) is 13.4. The monoisotopic (exact) mass is 2130 g/mol. The summed E-state index contributed by atoms with van der Waals surface area (Å²) < 4.78 is 21.7. The van der Waals surface area contributed by atoms with E-state index in [2.05, 4.69) is 32.8 Å². The molecule has 5 aliphatic heterocycles. The molecule has 2 aromatic heterocycles. The maximum Gasteiger partial charge on any atom is 0.349 e. The third-order valence-corrected chi connectivity index (χ3v) is 23.3. The SMILES string of the molecule is C=C1CSC(C(NC(=O)CNC(=O)c2cc3cc(Cl)c(O)cc3oc2=O)C(=O)[O-])N=C1C(=O)[O-].CC.CC.CC.CC.CC.CC.CC.CC.CC.CC.CC.CC.CC.CC.CC1=CC=C(c2c3ccc(=O)cc-3oc3cc(O)ccc23)C(C(=O)[O-])C1.O=C(CNC(=O)c1cc2c(oc1=O)=CC(O)C(Cl)C=2)NC1C(=O)N2C(C(=O)[O-])=C(CSc3ccc(-c4c5ccc(=O)cc-5oc5cc([O-])ccc45)c(C(=O)O)c3)CSC12. The molecule has 7 atom stereocenters. The Bertz CT molecular complexity index is 6560. The number of aliphatic imine (C=N–C) groups is 1. The van der Waals surface area contributed by atoms with Gasteiger partial charge < -0.3 is 104 Å². The Labute approximate surface area is 880 Å². The number of carbonyl (C=O) groups is 10. The molecule has 0 radical (unpaired) electrons. The van der Waals surface area contributed by atoms with Gasteiger partial charge in [-0.2, -0.15) is 0 Å². The van der Waals surface area contributed by atoms with Gasteiger partial charge in [0.1, 0.15) is 79.1 Å². The number of hydrogen-bond acceptors (Lipinski definition) is 30. The molecule has 1 saturated heterocycles. The fourth-order valence-corrected chi connectivity index (χ4v) is 17.3. The zero-order valence-corrected chi connectivity index (χ0v) is 92.8. The summed E-state index contributed by atoms with van der Waals surface area (Å²) >= 11 is 15.1. The number of β-lactam (4-membered cyclic amide) rings is 1. The van der Waals surface area contributed by atoms with Crippen molar-refractivity contribution in [2.45, 2.75) is 246 Å². The molecule has 0 bridgehead atoms. The number of aliphatic hydroxyl groups excluding tert-OH is 1. The number of aromatic carboxylic acids is 1. The summed E-state index contributed by atoms with van der Waals surface area (Å²) in [5.74, 6) is -12.6. The smallest absolute Gasteiger partial charge is 0.349 e. The van der Waals surface area contributed by atoms with Crippen molar-refractivity contribution < 1.29 is 112 Å². The first-order valence-electron chi connectivity index (χ1n) is 49.1. The van der Waals surface area contributed by atoms with Crippen molar-refractivity contribution in [2.75, 3.05) is 30.3 Å². The Morgan fingerprint density at radius 3 is 1.62 bits per heavy atom. The topological polar surface area (TPSA) is 551 Å². The third-order valence-electron chi connectivity index (χ3n) is 19.0. The molecular formula is C109H139Cl2N6O27S3-5. The molecule has 8 N–H and O–H groups in total. The highest BCUT2D eigenvalue weighted by atomic mass is 35.5. The van der Waals surface area contributed by atoms with Crippen LogP contribution < -0.4 is 79.5 Å². The van der Waals surface area contributed by atoms with Gasteiger partial charge in [-0.15, -0.1) is 52.6 Å². The Morgan fingerprint density at radius 1 is 0.565 bits per heavy atom. The molecule has 1 fully saturated rings. The third kappa shape index (κ3) is 36.2. The molecular weight excluding hydrogens is 1990 g/mol. The van der Waals surface area contributed by atoms with E-state index < -0.39 is 141 Å². The van der Waals surface area contributed by atoms with Crippen LogP contribution >= 0.6 is 58.5 Å². The van der Waals surface area contributed by atoms with Gasteiger partial charge in [0.25, 0.3) is 17.7 Å². The van der Waals surface area contributed by atoms with Crippen LogP contribution in [0.15, 0.2) is 203 Å². The lowest BCUT2D eigenvalue weighted by atomic mass is 9.80. The number of carbonyl (C=O) groups excluding carboxylic acids is 9. The van der Waals surface area contributed by atoms with Crippen molar-refractivity contribution in [3.8, 4) is 51.0 Å². The molecule has 6 aromatic rings. The van der Waals surface area contributed by atoms with Crippen LogP contribution in [0.4, 0.5) is 0 Å². The second-order valence-electron chi connectivity index (χ2n) is 26.9. The number of aromatic hydroxyl groups is 2. The van der Waals surface area contributed by atoms with E-state index in [-0.39, 0.29) is 101 Å². The molecule has 0 saturated carbocycles. The number of phenols is 2. The Hall–Kier alpha value is -13.5. The molecule has 147 heavy (non-hydrogen) atoms. The van der Waals surface area contributed by atoms with Gasteiger partial charge in [0.05, 0.1) is 64.5 Å². The first kappa shape index (κ1) is 136. The number of fused-ring (bicyclic) bond motifs is 7. The van der Waals surface area contributed by atoms with E-state index in [1.165, 1.54) is 103 Å². The number of benzene rings is 6. The lowest BCUT2D eigenvalue weighted by Gasteiger charge is -2.50. The number of amides is 5. The number of halogens is 2. The van der Waals surface area contributed by atoms with E-state index in [9.17, 15) is 113 Å². The second kappa shape index (κ2) is 70.3. The predicted molar refractivity (Wildman–Crippen MR) is 581 cm³/mol. The van der Waals surface area contributed by atoms with Crippen LogP contribution in [0.2, 0.25) is 5.02 Å². The first-order chi connectivity index (χ1) is 70.6. The molecule has 4 aromatic carbocycles. The summed E-state index contributed by atoms with van der Waals surface area (Å²) in [6.07, 6.45) is 5.58. The molecule has 7 heterocycles. The Morgan fingerprint density at radius 2 is 1.08 bits per heavy atom. The number of allylic oxidation sites excluding steroid dienone is 3. The number of aliphatic carboxylic acids is 4. The lowest BCUT2D eigenvalue weighted by molar-refractivity contribution is -0.310. The number of rotatable bonds is 19. The molecule has 38 heteroatoms. The number of nitrogens with zero attached hydrogens (tertiary/aromatic N) is 2. The number of thioether (sulfide) groups is 3. The van der Waals surface area contributed by atoms with Crippen LogP contribution in [0.1, 0.15) is 244 Å². The van der Waals surface area contributed by atoms with Crippen molar-refractivity contribution in [2.24, 2.45) is 10.9 Å². The molecule has 33 nitrogen and oxygen atoms in total. The maximum absolute atomic E-state index is 13.3. The van der Waals surface area contributed by atoms with Crippen LogP contribution in [0, 0.1) is 5.92 Å². The summed E-state index contributed by atoms with van der Waals surface area (Å²) in [5.41, 5.74) is 0.505. The number of aliphatic hydroxyl groups is 1. The standard InChI is InChI=1S/C40H28ClN3O13S2.C21H16O5.C20H16ClN3O9S.14C2H6/c41-26-8-16-7-25(40(55)57-28(16)12-27(26)47)35(49)42-13-31(48)43-33-36(50)44-34(39(53)54)17(15-59-37(33)44)14-58-20-3-6-21(24(11-20)38(51)52)32-22-4-1-18(45)9-29(22)56-30-10-19(46)2-5-23(30)32;1-11-2-5-14(17(8-11)21(24)25)20-15-6-3-12(22)9-18(15)26-19-10-13(23)4-7-16(19)20;1-7-6-34-17(24-14(7)18(28)29)15(19(30)31)23-13(26)5-22-16(27)9-2-8-3-10(21)11(25)4-12(8)33-20(9)32;14*1-2/h1-12,26-27,33,37,45,47H,13-15H2,(H,42,49)(H,43,48)(H,51,52)(H,53,54);2-7,9-10,17,22H,8H2,1H3,(H,24,25);2-4,15,17,25H,1,5-6H2,(H,22,27)(H,23,26)(H,28,29)(H,30,31);14*1-2H3/p-5. The van der Waals surface area contributed by atoms with Crippen LogP contribution in [0.5, 0.6) is 17.2 Å². The minimum absolute atomic E-state index is 0.0228. The van der Waals surface area contributed by atoms with E-state index >= 15 is 0 Å². The molecule has 804 valence electrons. The Balaban J connectivity index is 0. The van der Waals surface area contributed by atoms with Crippen molar-refractivity contribution in [1.29, 1.82) is 0 Å². The van der Waals surface area contributed by atoms with E-state index in [0.717, 1.165) is 46.1 Å². The van der Waals surface area contributed by atoms with Crippen LogP contribution in [0.3, 0.4) is 0 Å². The van der Waals surface area contributed by atoms with Gasteiger partial charge in [0.2, 0.25) is 11.8 Å². The van der Waals surface area contributed by atoms with Crippen LogP contribution in [-0.4, -0.2) is 155 Å². The van der Waals surface area contributed by atoms with Crippen LogP contribution in [-0.2, 0) is 33.6 Å². The number of carboxylic acid groups (broad SMARTS) is 5. The quantitative estimate of drug-likeness (QED) is 0.0122. The summed E-state index contributed by atoms with van der Waals surface area (Å²) in [7, 11) is 0. The molecule has 9 aliphatic rings. The summed E-state index contributed by atoms with van der Waals surface area (Å²) in [5, 5.41) is 106. The number of hydrogen-bond donors (Lipinski definition) is 8. The zero-order chi connectivity index (χ0) is 113. The van der Waals surface area contributed by atoms with E-state index in [0.29, 0.717) is 72.1 Å². The fraction of sp³-hybridized carbons (Fsp3) is 0.385. The van der Waals surface area contributed by atoms with Gasteiger partial charge in [-0.1, -0.05) is 254 Å². The Kier molecular flexibility index (Phi) is 64.8. The van der Waals surface area contributed by atoms with E-state index in [1.54, 1.807) is 30.3 Å². The molecule has 0 spiro atoms. The molecule has 15 rings (SSSR count). The molecule has 5 amide bonds. The van der Waals surface area contributed by atoms with Gasteiger partial charge in [-0.25, -0.2) is 14.4 Å². The summed E-state index contributed by atoms with van der Waals surface area (Å²) in [6.45, 7) is 60.0.